The van der Waals surface area contributed by atoms with Crippen molar-refractivity contribution in [3.63, 3.8) is 0 Å². The fourth-order valence-corrected chi connectivity index (χ4v) is 3.39. The largest absolute Gasteiger partial charge is 0.396 e. The van der Waals surface area contributed by atoms with E-state index in [1.165, 1.54) is 0 Å². The number of aliphatic hydroxyl groups excluding tert-OH is 2. The second kappa shape index (κ2) is 6.99. The molecule has 4 nitrogen and oxygen atoms in total. The maximum atomic E-state index is 12.9. The van der Waals surface area contributed by atoms with Crippen LogP contribution in [-0.2, 0) is 10.2 Å². The maximum absolute atomic E-state index is 12.9. The first kappa shape index (κ1) is 17.3. The molecule has 0 bridgehead atoms. The maximum Gasteiger partial charge on any atom is 0.232 e. The minimum Gasteiger partial charge on any atom is -0.396 e. The van der Waals surface area contributed by atoms with Gasteiger partial charge in [0.1, 0.15) is 0 Å². The molecule has 2 unspecified atom stereocenters. The third-order valence-corrected chi connectivity index (χ3v) is 4.91. The number of carbonyl (C=O) groups is 1. The highest BCUT2D eigenvalue weighted by Gasteiger charge is 2.40. The standard InChI is InChI=1S/C17H24ClNO3/c1-17(2,14-4-3-5-15(18)8-14)16(22)19-9-12(6-7-20)13(10-19)11-21/h3-5,8,12-13,20-21H,6-7,9-11H2,1-2H3. The van der Waals surface area contributed by atoms with Crippen molar-refractivity contribution in [2.24, 2.45) is 11.8 Å². The molecule has 0 spiro atoms. The van der Waals surface area contributed by atoms with Gasteiger partial charge in [-0.15, -0.1) is 0 Å². The molecule has 1 fully saturated rings. The molecule has 0 aliphatic carbocycles. The van der Waals surface area contributed by atoms with Gasteiger partial charge >= 0.3 is 0 Å². The number of carbonyl (C=O) groups excluding carboxylic acids is 1. The molecule has 0 radical (unpaired) electrons. The lowest BCUT2D eigenvalue weighted by Gasteiger charge is -2.30. The Morgan fingerprint density at radius 1 is 1.32 bits per heavy atom. The Hall–Kier alpha value is -1.10. The minimum absolute atomic E-state index is 0.0358. The van der Waals surface area contributed by atoms with E-state index in [0.717, 1.165) is 5.56 Å². The van der Waals surface area contributed by atoms with Crippen LogP contribution < -0.4 is 0 Å². The summed E-state index contributed by atoms with van der Waals surface area (Å²) in [7, 11) is 0. The molecule has 2 rings (SSSR count). The van der Waals surface area contributed by atoms with Crippen LogP contribution in [0.5, 0.6) is 0 Å². The first-order valence-corrected chi connectivity index (χ1v) is 8.05. The molecule has 2 atom stereocenters. The van der Waals surface area contributed by atoms with Crippen LogP contribution in [0.4, 0.5) is 0 Å². The minimum atomic E-state index is -0.668. The Morgan fingerprint density at radius 3 is 2.59 bits per heavy atom. The molecular weight excluding hydrogens is 302 g/mol. The first-order chi connectivity index (χ1) is 10.4. The molecule has 1 heterocycles. The average molecular weight is 326 g/mol. The van der Waals surface area contributed by atoms with Crippen LogP contribution >= 0.6 is 11.6 Å². The number of likely N-dealkylation sites (tertiary alicyclic amines) is 1. The topological polar surface area (TPSA) is 60.8 Å². The highest BCUT2D eigenvalue weighted by atomic mass is 35.5. The molecule has 1 saturated heterocycles. The molecule has 1 aromatic carbocycles. The lowest BCUT2D eigenvalue weighted by Crippen LogP contribution is -2.42. The molecule has 0 saturated carbocycles. The summed E-state index contributed by atoms with van der Waals surface area (Å²) in [4.78, 5) is 14.7. The molecular formula is C17H24ClNO3. The normalized spacial score (nSPS) is 22.1. The fraction of sp³-hybridized carbons (Fsp3) is 0.588. The van der Waals surface area contributed by atoms with Crippen LogP contribution in [-0.4, -0.2) is 47.3 Å². The number of amides is 1. The number of hydrogen-bond acceptors (Lipinski definition) is 3. The van der Waals surface area contributed by atoms with Gasteiger partial charge in [-0.25, -0.2) is 0 Å². The fourth-order valence-electron chi connectivity index (χ4n) is 3.20. The molecule has 1 aliphatic heterocycles. The van der Waals surface area contributed by atoms with E-state index >= 15 is 0 Å². The van der Waals surface area contributed by atoms with Gasteiger partial charge in [-0.1, -0.05) is 23.7 Å². The average Bonchev–Trinajstić information content (AvgIpc) is 2.89. The predicted molar refractivity (Wildman–Crippen MR) is 86.8 cm³/mol. The number of aliphatic hydroxyl groups is 2. The van der Waals surface area contributed by atoms with Crippen molar-refractivity contribution in [2.75, 3.05) is 26.3 Å². The van der Waals surface area contributed by atoms with Gasteiger partial charge in [-0.2, -0.15) is 0 Å². The number of benzene rings is 1. The molecule has 22 heavy (non-hydrogen) atoms. The lowest BCUT2D eigenvalue weighted by atomic mass is 9.83. The SMILES string of the molecule is CC(C)(C(=O)N1CC(CO)C(CCO)C1)c1cccc(Cl)c1. The molecule has 2 N–H and O–H groups in total. The van der Waals surface area contributed by atoms with Crippen molar-refractivity contribution in [2.45, 2.75) is 25.7 Å². The second-order valence-electron chi connectivity index (χ2n) is 6.56. The van der Waals surface area contributed by atoms with Gasteiger partial charge in [0.15, 0.2) is 0 Å². The third kappa shape index (κ3) is 3.45. The van der Waals surface area contributed by atoms with E-state index in [1.54, 1.807) is 6.07 Å². The quantitative estimate of drug-likeness (QED) is 0.871. The summed E-state index contributed by atoms with van der Waals surface area (Å²) in [6, 6.07) is 7.38. The Morgan fingerprint density at radius 2 is 2.00 bits per heavy atom. The van der Waals surface area contributed by atoms with E-state index < -0.39 is 5.41 Å². The van der Waals surface area contributed by atoms with Crippen LogP contribution in [0.25, 0.3) is 0 Å². The summed E-state index contributed by atoms with van der Waals surface area (Å²) in [5.41, 5.74) is 0.218. The molecule has 1 amide bonds. The summed E-state index contributed by atoms with van der Waals surface area (Å²) in [6.07, 6.45) is 0.618. The summed E-state index contributed by atoms with van der Waals surface area (Å²) in [5, 5.41) is 19.2. The zero-order valence-corrected chi connectivity index (χ0v) is 13.9. The van der Waals surface area contributed by atoms with Crippen LogP contribution in [0.3, 0.4) is 0 Å². The number of rotatable bonds is 5. The summed E-state index contributed by atoms with van der Waals surface area (Å²) < 4.78 is 0. The lowest BCUT2D eigenvalue weighted by molar-refractivity contribution is -0.135. The Kier molecular flexibility index (Phi) is 5.48. The summed E-state index contributed by atoms with van der Waals surface area (Å²) in [5.74, 6) is 0.244. The van der Waals surface area contributed by atoms with Crippen LogP contribution in [0.2, 0.25) is 5.02 Å². The number of hydrogen-bond donors (Lipinski definition) is 2. The van der Waals surface area contributed by atoms with E-state index in [4.69, 9.17) is 16.7 Å². The smallest absolute Gasteiger partial charge is 0.232 e. The zero-order valence-electron chi connectivity index (χ0n) is 13.1. The monoisotopic (exact) mass is 325 g/mol. The van der Waals surface area contributed by atoms with Gasteiger partial charge < -0.3 is 15.1 Å². The van der Waals surface area contributed by atoms with Crippen LogP contribution in [0, 0.1) is 11.8 Å². The van der Waals surface area contributed by atoms with Gasteiger partial charge in [-0.05, 0) is 43.9 Å². The first-order valence-electron chi connectivity index (χ1n) is 7.67. The van der Waals surface area contributed by atoms with Crippen LogP contribution in [0.15, 0.2) is 24.3 Å². The van der Waals surface area contributed by atoms with Crippen LogP contribution in [0.1, 0.15) is 25.8 Å². The number of halogens is 1. The van der Waals surface area contributed by atoms with Gasteiger partial charge in [0.2, 0.25) is 5.91 Å². The van der Waals surface area contributed by atoms with E-state index in [1.807, 2.05) is 36.9 Å². The Bertz CT molecular complexity index is 532. The predicted octanol–water partition coefficient (Wildman–Crippen LogP) is 2.07. The van der Waals surface area contributed by atoms with Gasteiger partial charge in [-0.3, -0.25) is 4.79 Å². The van der Waals surface area contributed by atoms with E-state index in [-0.39, 0.29) is 31.0 Å². The summed E-state index contributed by atoms with van der Waals surface area (Å²) in [6.45, 7) is 5.06. The molecule has 5 heteroatoms. The highest BCUT2D eigenvalue weighted by molar-refractivity contribution is 6.30. The second-order valence-corrected chi connectivity index (χ2v) is 7.00. The highest BCUT2D eigenvalue weighted by Crippen LogP contribution is 2.32. The third-order valence-electron chi connectivity index (χ3n) is 4.68. The van der Waals surface area contributed by atoms with Gasteiger partial charge in [0.05, 0.1) is 5.41 Å². The van der Waals surface area contributed by atoms with Crippen molar-refractivity contribution in [3.05, 3.63) is 34.9 Å². The molecule has 1 aromatic rings. The van der Waals surface area contributed by atoms with Crippen molar-refractivity contribution in [3.8, 4) is 0 Å². The van der Waals surface area contributed by atoms with E-state index in [9.17, 15) is 9.90 Å². The van der Waals surface area contributed by atoms with Gasteiger partial charge in [0, 0.05) is 37.2 Å². The van der Waals surface area contributed by atoms with Crippen molar-refractivity contribution in [1.82, 2.24) is 4.90 Å². The van der Waals surface area contributed by atoms with E-state index in [0.29, 0.717) is 24.5 Å². The van der Waals surface area contributed by atoms with E-state index in [2.05, 4.69) is 0 Å². The van der Waals surface area contributed by atoms with Crippen molar-refractivity contribution < 1.29 is 15.0 Å². The van der Waals surface area contributed by atoms with Gasteiger partial charge in [0.25, 0.3) is 0 Å². The zero-order chi connectivity index (χ0) is 16.3. The Labute approximate surface area is 136 Å². The Balaban J connectivity index is 2.17. The van der Waals surface area contributed by atoms with Crippen molar-refractivity contribution in [1.29, 1.82) is 0 Å². The van der Waals surface area contributed by atoms with Crippen molar-refractivity contribution >= 4 is 17.5 Å². The molecule has 1 aliphatic rings. The summed E-state index contributed by atoms with van der Waals surface area (Å²) >= 11 is 6.04. The molecule has 122 valence electrons. The number of nitrogens with zero attached hydrogens (tertiary/aromatic N) is 1. The molecule has 0 aromatic heterocycles.